The SMILES string of the molecule is COc1ccc(C)cc1N=Nc1ccc(N=Nc2ccccc2)c2cc(S(=O)(=O)[O-])ccc12.[Na+]. The second kappa shape index (κ2) is 11.0. The quantitative estimate of drug-likeness (QED) is 0.235. The van der Waals surface area contributed by atoms with Crippen molar-refractivity contribution >= 4 is 43.6 Å². The van der Waals surface area contributed by atoms with E-state index in [0.717, 1.165) is 5.56 Å². The van der Waals surface area contributed by atoms with E-state index in [4.69, 9.17) is 4.74 Å². The molecule has 34 heavy (non-hydrogen) atoms. The van der Waals surface area contributed by atoms with Gasteiger partial charge in [-0.25, -0.2) is 8.42 Å². The molecule has 4 aromatic carbocycles. The Morgan fingerprint density at radius 3 is 2.06 bits per heavy atom. The van der Waals surface area contributed by atoms with Crippen LogP contribution in [0.25, 0.3) is 10.8 Å². The van der Waals surface area contributed by atoms with Crippen molar-refractivity contribution < 1.29 is 47.3 Å². The Bertz CT molecular complexity index is 1490. The van der Waals surface area contributed by atoms with Crippen LogP contribution in [0.2, 0.25) is 0 Å². The van der Waals surface area contributed by atoms with E-state index in [1.807, 2.05) is 37.3 Å². The first-order chi connectivity index (χ1) is 15.8. The predicted octanol–water partition coefficient (Wildman–Crippen LogP) is 3.90. The van der Waals surface area contributed by atoms with Crippen LogP contribution in [0.1, 0.15) is 5.56 Å². The number of hydrogen-bond acceptors (Lipinski definition) is 8. The second-order valence-corrected chi connectivity index (χ2v) is 8.56. The zero-order valence-corrected chi connectivity index (χ0v) is 21.7. The second-order valence-electron chi connectivity index (χ2n) is 7.18. The van der Waals surface area contributed by atoms with E-state index in [9.17, 15) is 13.0 Å². The van der Waals surface area contributed by atoms with Crippen molar-refractivity contribution in [3.8, 4) is 5.75 Å². The van der Waals surface area contributed by atoms with Crippen molar-refractivity contribution in [2.24, 2.45) is 20.5 Å². The fourth-order valence-corrected chi connectivity index (χ4v) is 3.72. The van der Waals surface area contributed by atoms with Crippen LogP contribution in [0, 0.1) is 6.92 Å². The van der Waals surface area contributed by atoms with Crippen LogP contribution in [0.5, 0.6) is 5.75 Å². The van der Waals surface area contributed by atoms with Gasteiger partial charge in [0.15, 0.2) is 0 Å². The van der Waals surface area contributed by atoms with Crippen molar-refractivity contribution in [1.29, 1.82) is 0 Å². The molecule has 0 saturated carbocycles. The van der Waals surface area contributed by atoms with Gasteiger partial charge in [0.1, 0.15) is 21.6 Å². The topological polar surface area (TPSA) is 116 Å². The maximum atomic E-state index is 11.6. The van der Waals surface area contributed by atoms with Gasteiger partial charge in [-0.15, -0.1) is 15.3 Å². The average Bonchev–Trinajstić information content (AvgIpc) is 2.81. The summed E-state index contributed by atoms with van der Waals surface area (Å²) in [5, 5.41) is 18.1. The molecule has 0 aliphatic rings. The average molecular weight is 482 g/mol. The Kier molecular flexibility index (Phi) is 8.29. The number of ether oxygens (including phenoxy) is 1. The molecule has 0 amide bonds. The monoisotopic (exact) mass is 482 g/mol. The van der Waals surface area contributed by atoms with Gasteiger partial charge in [0.2, 0.25) is 0 Å². The molecule has 0 aliphatic heterocycles. The fraction of sp³-hybridized carbons (Fsp3) is 0.0833. The third kappa shape index (κ3) is 5.94. The Hall–Kier alpha value is -2.95. The molecule has 8 nitrogen and oxygen atoms in total. The number of rotatable bonds is 6. The van der Waals surface area contributed by atoms with Gasteiger partial charge in [0.05, 0.1) is 29.1 Å². The number of fused-ring (bicyclic) bond motifs is 1. The van der Waals surface area contributed by atoms with Gasteiger partial charge in [0, 0.05) is 10.8 Å². The van der Waals surface area contributed by atoms with Gasteiger partial charge in [-0.1, -0.05) is 30.3 Å². The van der Waals surface area contributed by atoms with E-state index < -0.39 is 10.1 Å². The van der Waals surface area contributed by atoms with E-state index in [1.165, 1.54) is 18.2 Å². The van der Waals surface area contributed by atoms with Gasteiger partial charge < -0.3 is 9.29 Å². The molecule has 0 N–H and O–H groups in total. The molecule has 0 fully saturated rings. The van der Waals surface area contributed by atoms with Crippen LogP contribution in [-0.4, -0.2) is 20.1 Å². The molecule has 0 aliphatic carbocycles. The summed E-state index contributed by atoms with van der Waals surface area (Å²) in [6.07, 6.45) is 0. The minimum atomic E-state index is -4.65. The third-order valence-electron chi connectivity index (χ3n) is 4.86. The Labute approximate surface area is 219 Å². The normalized spacial score (nSPS) is 11.7. The van der Waals surface area contributed by atoms with Gasteiger partial charge in [-0.2, -0.15) is 5.11 Å². The van der Waals surface area contributed by atoms with Crippen molar-refractivity contribution in [1.82, 2.24) is 0 Å². The minimum Gasteiger partial charge on any atom is -0.744 e. The molecule has 0 saturated heterocycles. The standard InChI is InChI=1S/C24H20N4O4S.Na/c1-16-8-13-24(32-2)23(14-16)28-27-21-11-12-22(26-25-17-6-4-3-5-7-17)20-15-18(33(29,30)31)9-10-19(20)21;/h3-15H,1-2H3,(H,29,30,31);/q;+1/p-1. The number of benzene rings is 4. The molecule has 0 spiro atoms. The molecular weight excluding hydrogens is 463 g/mol. The van der Waals surface area contributed by atoms with Crippen LogP contribution in [0.15, 0.2) is 104 Å². The molecule has 166 valence electrons. The van der Waals surface area contributed by atoms with Crippen molar-refractivity contribution in [2.45, 2.75) is 11.8 Å². The molecule has 0 radical (unpaired) electrons. The largest absolute Gasteiger partial charge is 1.00 e. The summed E-state index contributed by atoms with van der Waals surface area (Å²) >= 11 is 0. The summed E-state index contributed by atoms with van der Waals surface area (Å²) in [6.45, 7) is 1.94. The Morgan fingerprint density at radius 1 is 0.735 bits per heavy atom. The van der Waals surface area contributed by atoms with Crippen LogP contribution in [-0.2, 0) is 10.1 Å². The zero-order chi connectivity index (χ0) is 23.4. The third-order valence-corrected chi connectivity index (χ3v) is 5.69. The van der Waals surface area contributed by atoms with E-state index in [0.29, 0.717) is 39.3 Å². The Morgan fingerprint density at radius 2 is 1.38 bits per heavy atom. The number of aryl methyl sites for hydroxylation is 1. The molecule has 4 rings (SSSR count). The predicted molar refractivity (Wildman–Crippen MR) is 124 cm³/mol. The number of methoxy groups -OCH3 is 1. The van der Waals surface area contributed by atoms with Crippen LogP contribution < -0.4 is 34.3 Å². The summed E-state index contributed by atoms with van der Waals surface area (Å²) in [5.74, 6) is 0.571. The maximum Gasteiger partial charge on any atom is 1.00 e. The summed E-state index contributed by atoms with van der Waals surface area (Å²) in [5.41, 5.74) is 3.05. The molecule has 0 unspecified atom stereocenters. The van der Waals surface area contributed by atoms with Crippen LogP contribution in [0.3, 0.4) is 0 Å². The van der Waals surface area contributed by atoms with Crippen molar-refractivity contribution in [2.75, 3.05) is 7.11 Å². The molecule has 0 aromatic heterocycles. The number of azo groups is 2. The number of hydrogen-bond donors (Lipinski definition) is 0. The first-order valence-corrected chi connectivity index (χ1v) is 11.3. The summed E-state index contributed by atoms with van der Waals surface area (Å²) < 4.78 is 40.1. The molecule has 0 atom stereocenters. The van der Waals surface area contributed by atoms with Gasteiger partial charge >= 0.3 is 29.6 Å². The first-order valence-electron chi connectivity index (χ1n) is 9.91. The van der Waals surface area contributed by atoms with E-state index in [-0.39, 0.29) is 34.5 Å². The molecule has 0 bridgehead atoms. The van der Waals surface area contributed by atoms with Gasteiger partial charge in [-0.3, -0.25) is 0 Å². The van der Waals surface area contributed by atoms with Crippen molar-refractivity contribution in [3.63, 3.8) is 0 Å². The van der Waals surface area contributed by atoms with Gasteiger partial charge in [-0.05, 0) is 61.0 Å². The Balaban J connectivity index is 0.00000324. The van der Waals surface area contributed by atoms with E-state index >= 15 is 0 Å². The summed E-state index contributed by atoms with van der Waals surface area (Å²) in [6, 6.07) is 22.1. The zero-order valence-electron chi connectivity index (χ0n) is 18.8. The van der Waals surface area contributed by atoms with Crippen LogP contribution >= 0.6 is 0 Å². The maximum absolute atomic E-state index is 11.6. The molecule has 0 heterocycles. The number of nitrogens with zero attached hydrogens (tertiary/aromatic N) is 4. The van der Waals surface area contributed by atoms with Gasteiger partial charge in [0.25, 0.3) is 0 Å². The minimum absolute atomic E-state index is 0. The summed E-state index contributed by atoms with van der Waals surface area (Å²) in [7, 11) is -3.10. The first kappa shape index (κ1) is 25.7. The molecule has 10 heteroatoms. The van der Waals surface area contributed by atoms with Crippen LogP contribution in [0.4, 0.5) is 22.7 Å². The van der Waals surface area contributed by atoms with E-state index in [1.54, 1.807) is 37.4 Å². The van der Waals surface area contributed by atoms with E-state index in [2.05, 4.69) is 20.5 Å². The fourth-order valence-electron chi connectivity index (χ4n) is 3.22. The molecular formula is C24H19N4NaO4S. The van der Waals surface area contributed by atoms with Crippen molar-refractivity contribution in [3.05, 3.63) is 84.4 Å². The smallest absolute Gasteiger partial charge is 0.744 e. The summed E-state index contributed by atoms with van der Waals surface area (Å²) in [4.78, 5) is -0.361. The molecule has 4 aromatic rings.